The third kappa shape index (κ3) is 1.18. The van der Waals surface area contributed by atoms with Crippen molar-refractivity contribution >= 4 is 6.29 Å². The maximum Gasteiger partial charge on any atom is 0.167 e. The minimum Gasteiger partial charge on any atom is -0.296 e. The highest BCUT2D eigenvalue weighted by Gasteiger charge is 2.03. The van der Waals surface area contributed by atoms with Crippen molar-refractivity contribution in [2.75, 3.05) is 7.05 Å². The SMILES string of the molecule is CC1=CC=C(C=O)NN1C. The Bertz CT molecular complexity index is 206. The number of carbonyl (C=O) groups excluding carboxylic acids is 1. The van der Waals surface area contributed by atoms with Gasteiger partial charge in [0.05, 0.1) is 5.70 Å². The molecule has 1 N–H and O–H groups in total. The molecule has 0 saturated heterocycles. The fourth-order valence-electron chi connectivity index (χ4n) is 0.707. The van der Waals surface area contributed by atoms with Crippen LogP contribution in [0.5, 0.6) is 0 Å². The summed E-state index contributed by atoms with van der Waals surface area (Å²) in [6.45, 7) is 1.96. The van der Waals surface area contributed by atoms with Gasteiger partial charge in [-0.05, 0) is 19.1 Å². The van der Waals surface area contributed by atoms with Crippen LogP contribution in [0.3, 0.4) is 0 Å². The summed E-state index contributed by atoms with van der Waals surface area (Å²) in [6.07, 6.45) is 4.43. The van der Waals surface area contributed by atoms with Crippen LogP contribution in [0.2, 0.25) is 0 Å². The van der Waals surface area contributed by atoms with Crippen molar-refractivity contribution in [1.29, 1.82) is 0 Å². The minimum absolute atomic E-state index is 0.591. The second-order valence-corrected chi connectivity index (χ2v) is 2.22. The number of allylic oxidation sites excluding steroid dienone is 4. The molecule has 1 rings (SSSR count). The molecular weight excluding hydrogens is 128 g/mol. The zero-order valence-corrected chi connectivity index (χ0v) is 6.09. The molecule has 0 atom stereocenters. The third-order valence-corrected chi connectivity index (χ3v) is 1.46. The molecule has 0 unspecified atom stereocenters. The first kappa shape index (κ1) is 6.86. The van der Waals surface area contributed by atoms with E-state index in [0.717, 1.165) is 12.0 Å². The van der Waals surface area contributed by atoms with Gasteiger partial charge < -0.3 is 0 Å². The Morgan fingerprint density at radius 1 is 1.60 bits per heavy atom. The monoisotopic (exact) mass is 138 g/mol. The molecule has 0 spiro atoms. The summed E-state index contributed by atoms with van der Waals surface area (Å²) in [6, 6.07) is 0. The Kier molecular flexibility index (Phi) is 1.76. The molecule has 1 aliphatic heterocycles. The Morgan fingerprint density at radius 3 is 2.80 bits per heavy atom. The molecule has 0 aliphatic carbocycles. The van der Waals surface area contributed by atoms with Gasteiger partial charge in [-0.25, -0.2) is 0 Å². The van der Waals surface area contributed by atoms with Crippen LogP contribution < -0.4 is 5.43 Å². The highest BCUT2D eigenvalue weighted by atomic mass is 16.1. The van der Waals surface area contributed by atoms with Crippen LogP contribution in [0.15, 0.2) is 23.5 Å². The van der Waals surface area contributed by atoms with Gasteiger partial charge in [0, 0.05) is 12.7 Å². The van der Waals surface area contributed by atoms with E-state index in [9.17, 15) is 4.79 Å². The molecule has 0 aromatic carbocycles. The molecule has 0 aromatic heterocycles. The Balaban J connectivity index is 2.78. The lowest BCUT2D eigenvalue weighted by Gasteiger charge is -2.24. The number of nitrogens with zero attached hydrogens (tertiary/aromatic N) is 1. The molecular formula is C7H10N2O. The molecule has 3 heteroatoms. The van der Waals surface area contributed by atoms with Crippen LogP contribution in [-0.4, -0.2) is 18.3 Å². The molecule has 0 amide bonds. The second kappa shape index (κ2) is 2.56. The van der Waals surface area contributed by atoms with Crippen LogP contribution >= 0.6 is 0 Å². The molecule has 54 valence electrons. The highest BCUT2D eigenvalue weighted by Crippen LogP contribution is 2.04. The van der Waals surface area contributed by atoms with Crippen molar-refractivity contribution < 1.29 is 4.79 Å². The topological polar surface area (TPSA) is 32.3 Å². The molecule has 0 fully saturated rings. The normalized spacial score (nSPS) is 17.2. The summed E-state index contributed by atoms with van der Waals surface area (Å²) in [4.78, 5) is 10.2. The second-order valence-electron chi connectivity index (χ2n) is 2.22. The van der Waals surface area contributed by atoms with Gasteiger partial charge in [-0.2, -0.15) is 0 Å². The van der Waals surface area contributed by atoms with E-state index in [4.69, 9.17) is 0 Å². The van der Waals surface area contributed by atoms with E-state index >= 15 is 0 Å². The van der Waals surface area contributed by atoms with Gasteiger partial charge in [-0.3, -0.25) is 15.2 Å². The number of carbonyl (C=O) groups is 1. The molecule has 0 radical (unpaired) electrons. The van der Waals surface area contributed by atoms with Crippen LogP contribution in [0.4, 0.5) is 0 Å². The predicted molar refractivity (Wildman–Crippen MR) is 38.8 cm³/mol. The quantitative estimate of drug-likeness (QED) is 0.533. The molecule has 1 heterocycles. The molecule has 0 aromatic rings. The summed E-state index contributed by atoms with van der Waals surface area (Å²) in [7, 11) is 1.86. The van der Waals surface area contributed by atoms with E-state index in [-0.39, 0.29) is 0 Å². The van der Waals surface area contributed by atoms with Gasteiger partial charge in [-0.1, -0.05) is 0 Å². The van der Waals surface area contributed by atoms with E-state index in [1.807, 2.05) is 20.0 Å². The molecule has 10 heavy (non-hydrogen) atoms. The minimum atomic E-state index is 0.591. The van der Waals surface area contributed by atoms with Gasteiger partial charge in [0.2, 0.25) is 0 Å². The van der Waals surface area contributed by atoms with Crippen molar-refractivity contribution in [2.45, 2.75) is 6.92 Å². The maximum absolute atomic E-state index is 10.2. The zero-order valence-electron chi connectivity index (χ0n) is 6.09. The number of nitrogens with one attached hydrogen (secondary N) is 1. The van der Waals surface area contributed by atoms with Crippen LogP contribution in [0.1, 0.15) is 6.92 Å². The summed E-state index contributed by atoms with van der Waals surface area (Å²) in [5, 5.41) is 1.80. The van der Waals surface area contributed by atoms with Crippen molar-refractivity contribution in [2.24, 2.45) is 0 Å². The maximum atomic E-state index is 10.2. The van der Waals surface area contributed by atoms with Crippen molar-refractivity contribution in [3.8, 4) is 0 Å². The van der Waals surface area contributed by atoms with E-state index in [1.54, 1.807) is 11.1 Å². The van der Waals surface area contributed by atoms with E-state index < -0.39 is 0 Å². The summed E-state index contributed by atoms with van der Waals surface area (Å²) < 4.78 is 0. The molecule has 0 saturated carbocycles. The number of hydrogen-bond acceptors (Lipinski definition) is 3. The average Bonchev–Trinajstić information content (AvgIpc) is 1.95. The molecule has 0 bridgehead atoms. The van der Waals surface area contributed by atoms with Crippen LogP contribution in [0.25, 0.3) is 0 Å². The fraction of sp³-hybridized carbons (Fsp3) is 0.286. The van der Waals surface area contributed by atoms with Crippen molar-refractivity contribution in [3.05, 3.63) is 23.5 Å². The standard InChI is InChI=1S/C7H10N2O/c1-6-3-4-7(5-10)8-9(6)2/h3-5,8H,1-2H3. The number of rotatable bonds is 1. The van der Waals surface area contributed by atoms with Gasteiger partial charge >= 0.3 is 0 Å². The van der Waals surface area contributed by atoms with E-state index in [2.05, 4.69) is 5.43 Å². The third-order valence-electron chi connectivity index (χ3n) is 1.46. The average molecular weight is 138 g/mol. The fourth-order valence-corrected chi connectivity index (χ4v) is 0.707. The number of aldehydes is 1. The lowest BCUT2D eigenvalue weighted by Crippen LogP contribution is -2.34. The summed E-state index contributed by atoms with van der Waals surface area (Å²) in [5.74, 6) is 0. The van der Waals surface area contributed by atoms with Crippen molar-refractivity contribution in [3.63, 3.8) is 0 Å². The highest BCUT2D eigenvalue weighted by molar-refractivity contribution is 5.73. The lowest BCUT2D eigenvalue weighted by molar-refractivity contribution is -0.105. The van der Waals surface area contributed by atoms with E-state index in [1.165, 1.54) is 0 Å². The summed E-state index contributed by atoms with van der Waals surface area (Å²) >= 11 is 0. The first-order chi connectivity index (χ1) is 4.74. The zero-order chi connectivity index (χ0) is 7.56. The van der Waals surface area contributed by atoms with Crippen LogP contribution in [-0.2, 0) is 4.79 Å². The smallest absolute Gasteiger partial charge is 0.167 e. The predicted octanol–water partition coefficient (Wildman–Crippen LogP) is 0.423. The Morgan fingerprint density at radius 2 is 2.30 bits per heavy atom. The first-order valence-corrected chi connectivity index (χ1v) is 3.08. The van der Waals surface area contributed by atoms with Gasteiger partial charge in [0.1, 0.15) is 0 Å². The molecule has 1 aliphatic rings. The van der Waals surface area contributed by atoms with E-state index in [0.29, 0.717) is 5.70 Å². The summed E-state index contributed by atoms with van der Waals surface area (Å²) in [5.41, 5.74) is 4.55. The van der Waals surface area contributed by atoms with Gasteiger partial charge in [0.15, 0.2) is 6.29 Å². The first-order valence-electron chi connectivity index (χ1n) is 3.08. The number of hydrazine groups is 1. The Labute approximate surface area is 60.0 Å². The largest absolute Gasteiger partial charge is 0.296 e. The van der Waals surface area contributed by atoms with Gasteiger partial charge in [0.25, 0.3) is 0 Å². The van der Waals surface area contributed by atoms with Crippen molar-refractivity contribution in [1.82, 2.24) is 10.4 Å². The Hall–Kier alpha value is -1.25. The van der Waals surface area contributed by atoms with Crippen LogP contribution in [0, 0.1) is 0 Å². The number of hydrogen-bond donors (Lipinski definition) is 1. The lowest BCUT2D eigenvalue weighted by atomic mass is 10.3. The van der Waals surface area contributed by atoms with Gasteiger partial charge in [-0.15, -0.1) is 0 Å². The molecule has 3 nitrogen and oxygen atoms in total.